The number of amides is 7. The average Bonchev–Trinajstić information content (AvgIpc) is 0.874. The number of benzene rings is 5. The van der Waals surface area contributed by atoms with E-state index in [2.05, 4.69) is 42.0 Å². The van der Waals surface area contributed by atoms with E-state index in [4.69, 9.17) is 79.4 Å². The van der Waals surface area contributed by atoms with Crippen molar-refractivity contribution in [3.8, 4) is 0 Å². The Kier molecular flexibility index (Phi) is 40.8. The Morgan fingerprint density at radius 1 is 0.308 bits per heavy atom. The first kappa shape index (κ1) is 89.4. The van der Waals surface area contributed by atoms with Crippen molar-refractivity contribution in [2.24, 2.45) is 0 Å². The third-order valence-corrected chi connectivity index (χ3v) is 13.7. The molecule has 38 heteroatoms. The highest BCUT2D eigenvalue weighted by molar-refractivity contribution is 6.03. The molecule has 38 nitrogen and oxygen atoms in total. The van der Waals surface area contributed by atoms with Gasteiger partial charge in [0, 0.05) is 113 Å². The first-order valence-corrected chi connectivity index (χ1v) is 31.6. The van der Waals surface area contributed by atoms with E-state index in [1.807, 2.05) is 0 Å². The second kappa shape index (κ2) is 47.5. The number of carbonyl (C=O) groups is 10. The highest BCUT2D eigenvalue weighted by Gasteiger charge is 2.21. The molecule has 5 rings (SSSR count). The maximum Gasteiger partial charge on any atom is 0.338 e. The van der Waals surface area contributed by atoms with Crippen LogP contribution in [-0.4, -0.2) is 273 Å². The molecule has 572 valence electrons. The van der Waals surface area contributed by atoms with Crippen LogP contribution in [0, 0.1) is 0 Å². The number of nitrogens with two attached hydrogens (primary N) is 5. The van der Waals surface area contributed by atoms with Crippen LogP contribution in [-0.2, 0) is 9.47 Å². The molecule has 0 spiro atoms. The topological polar surface area (TPSA) is 687 Å². The zero-order chi connectivity index (χ0) is 78.2. The second-order valence-electron chi connectivity index (χ2n) is 22.6. The molecule has 0 saturated heterocycles. The quantitative estimate of drug-likeness (QED) is 0.0131. The lowest BCUT2D eigenvalue weighted by Crippen LogP contribution is -2.35. The number of aliphatic hydroxyl groups is 13. The SMILES string of the molecule is COC(=O)c1cc(N)cc(C(=O)NCCC(O)CO)c1.Nc1cc(C(=O)NCCC(O)CO)cc(C(=O)NCC(O)CO)c1.Nc1cc(C(=O)NCCC(O)CO)cc(C(=O)NCC(O)COC(=O)c2cc(N)cc(C(=O)NCC(O)CO)c2)c1.Nc1cc(C(=O)O)cc(C(=O)NCCC(O)CO)c1. The lowest BCUT2D eigenvalue weighted by Gasteiger charge is -2.14. The van der Waals surface area contributed by atoms with Crippen molar-refractivity contribution in [1.29, 1.82) is 0 Å². The van der Waals surface area contributed by atoms with Crippen molar-refractivity contribution in [1.82, 2.24) is 37.2 Å². The van der Waals surface area contributed by atoms with Gasteiger partial charge in [-0.1, -0.05) is 0 Å². The van der Waals surface area contributed by atoms with Gasteiger partial charge < -0.3 is 147 Å². The van der Waals surface area contributed by atoms with E-state index in [0.717, 1.165) is 0 Å². The largest absolute Gasteiger partial charge is 0.478 e. The van der Waals surface area contributed by atoms with E-state index in [0.29, 0.717) is 0 Å². The van der Waals surface area contributed by atoms with Crippen molar-refractivity contribution in [3.05, 3.63) is 147 Å². The second-order valence-corrected chi connectivity index (χ2v) is 22.6. The zero-order valence-electron chi connectivity index (χ0n) is 56.5. The van der Waals surface area contributed by atoms with Crippen LogP contribution in [0.4, 0.5) is 28.4 Å². The van der Waals surface area contributed by atoms with E-state index in [1.54, 1.807) is 0 Å². The van der Waals surface area contributed by atoms with E-state index < -0.39 is 135 Å². The van der Waals surface area contributed by atoms with Crippen molar-refractivity contribution >= 4 is 87.7 Å². The molecule has 0 aliphatic carbocycles. The van der Waals surface area contributed by atoms with Gasteiger partial charge in [0.25, 0.3) is 41.4 Å². The van der Waals surface area contributed by atoms with Gasteiger partial charge in [-0.25, -0.2) is 14.4 Å². The smallest absolute Gasteiger partial charge is 0.338 e. The third-order valence-electron chi connectivity index (χ3n) is 13.7. The molecule has 7 amide bonds. The first-order chi connectivity index (χ1) is 49.2. The van der Waals surface area contributed by atoms with Crippen molar-refractivity contribution in [2.75, 3.05) is 128 Å². The molecule has 5 aromatic carbocycles. The molecule has 104 heavy (non-hydrogen) atoms. The predicted molar refractivity (Wildman–Crippen MR) is 372 cm³/mol. The van der Waals surface area contributed by atoms with Gasteiger partial charge in [0.05, 0.1) is 100 Å². The number of carbonyl (C=O) groups excluding carboxylic acids is 9. The van der Waals surface area contributed by atoms with Crippen LogP contribution >= 0.6 is 0 Å². The Morgan fingerprint density at radius 2 is 0.519 bits per heavy atom. The number of carboxylic acid groups (broad SMARTS) is 1. The third kappa shape index (κ3) is 34.3. The summed E-state index contributed by atoms with van der Waals surface area (Å²) < 4.78 is 9.62. The molecule has 0 heterocycles. The Balaban J connectivity index is 0.000000500. The highest BCUT2D eigenvalue weighted by atomic mass is 16.5. The van der Waals surface area contributed by atoms with Gasteiger partial charge in [0.15, 0.2) is 0 Å². The molecule has 0 saturated carbocycles. The zero-order valence-corrected chi connectivity index (χ0v) is 56.5. The fraction of sp³-hybridized carbons (Fsp3) is 0.394. The molecule has 7 unspecified atom stereocenters. The number of ether oxygens (including phenoxy) is 2. The predicted octanol–water partition coefficient (Wildman–Crippen LogP) is -5.85. The molecule has 0 fully saturated rings. The molecule has 7 atom stereocenters. The normalized spacial score (nSPS) is 12.6. The van der Waals surface area contributed by atoms with Crippen LogP contribution in [0.3, 0.4) is 0 Å². The lowest BCUT2D eigenvalue weighted by molar-refractivity contribution is 0.0259. The minimum atomic E-state index is -1.31. The lowest BCUT2D eigenvalue weighted by atomic mass is 10.1. The molecular formula is C66H92N12O26. The molecule has 0 aliphatic heterocycles. The summed E-state index contributed by atoms with van der Waals surface area (Å²) in [4.78, 5) is 119. The van der Waals surface area contributed by atoms with E-state index >= 15 is 0 Å². The number of aliphatic hydroxyl groups excluding tert-OH is 13. The van der Waals surface area contributed by atoms with Gasteiger partial charge in [-0.3, -0.25) is 33.6 Å². The first-order valence-electron chi connectivity index (χ1n) is 31.6. The van der Waals surface area contributed by atoms with Crippen LogP contribution in [0.25, 0.3) is 0 Å². The Morgan fingerprint density at radius 3 is 0.769 bits per heavy atom. The number of nitrogens with one attached hydrogen (secondary N) is 7. The minimum Gasteiger partial charge on any atom is -0.478 e. The summed E-state index contributed by atoms with van der Waals surface area (Å²) in [7, 11) is 1.24. The van der Waals surface area contributed by atoms with E-state index in [9.17, 15) is 73.5 Å². The summed E-state index contributed by atoms with van der Waals surface area (Å²) in [5, 5.41) is 144. The minimum absolute atomic E-state index is 0.00726. The molecule has 0 aliphatic rings. The molecule has 0 aromatic heterocycles. The molecule has 5 aromatic rings. The highest BCUT2D eigenvalue weighted by Crippen LogP contribution is 2.18. The Labute approximate surface area is 594 Å². The summed E-state index contributed by atoms with van der Waals surface area (Å²) in [5.41, 5.74) is 30.1. The van der Waals surface area contributed by atoms with Gasteiger partial charge in [-0.15, -0.1) is 0 Å². The number of rotatable bonds is 36. The number of esters is 2. The summed E-state index contributed by atoms with van der Waals surface area (Å²) in [6, 6.07) is 19.9. The fourth-order valence-electron chi connectivity index (χ4n) is 8.22. The van der Waals surface area contributed by atoms with E-state index in [-0.39, 0.29) is 169 Å². The van der Waals surface area contributed by atoms with Gasteiger partial charge in [-0.2, -0.15) is 0 Å². The monoisotopic (exact) mass is 1470 g/mol. The van der Waals surface area contributed by atoms with Crippen molar-refractivity contribution in [2.45, 2.75) is 68.4 Å². The summed E-state index contributed by atoms with van der Waals surface area (Å²) in [6.45, 7) is -3.19. The standard InChI is InChI=1S/C26H35N5O10.C15H23N3O6.C13H18N2O5.C12H16N2O5/c27-18-5-14(23(37)29-2-1-20(34)11-32)3-15(6-18)24(38)31-10-22(36)13-41-26(40)17-4-16(7-19(28)8-17)25(39)30-9-21(35)12-33;16-11-4-9(14(23)17-2-1-12(21)7-19)3-10(5-11)15(24)18-6-13(22)8-20;1-20-13(19)9-4-8(5-10(14)6-9)12(18)15-3-2-11(17)7-16;13-9-4-7(3-8(5-9)12(18)19)11(17)14-2-1-10(16)6-15/h3-8,20-22,32-36H,1-2,9-13,27-28H2,(H,29,37)(H,30,39)(H,31,38);3-5,12-13,19-22H,1-2,6-8,16H2,(H,17,23)(H,18,24);4-6,11,16-17H,2-3,7,14H2,1H3,(H,15,18);3-5,10,15-16H,1-2,6,13H2,(H,14,17)(H,18,19). The number of aromatic carboxylic acids is 1. The average molecular weight is 1470 g/mol. The van der Waals surface area contributed by atoms with E-state index in [1.165, 1.54) is 98.1 Å². The number of hydrogen-bond acceptors (Lipinski definition) is 30. The van der Waals surface area contributed by atoms with Gasteiger partial charge in [0.1, 0.15) is 12.7 Å². The number of carboxylic acids is 1. The van der Waals surface area contributed by atoms with Crippen LogP contribution in [0.1, 0.15) is 129 Å². The van der Waals surface area contributed by atoms with Gasteiger partial charge >= 0.3 is 17.9 Å². The molecule has 0 radical (unpaired) electrons. The summed E-state index contributed by atoms with van der Waals surface area (Å²) in [5.74, 6) is -6.43. The number of hydrogen-bond donors (Lipinski definition) is 26. The molecule has 31 N–H and O–H groups in total. The van der Waals surface area contributed by atoms with Crippen LogP contribution < -0.4 is 65.9 Å². The summed E-state index contributed by atoms with van der Waals surface area (Å²) in [6.07, 6.45) is -6.44. The number of methoxy groups -OCH3 is 1. The van der Waals surface area contributed by atoms with Gasteiger partial charge in [-0.05, 0) is 117 Å². The number of nitrogen functional groups attached to an aromatic ring is 5. The van der Waals surface area contributed by atoms with Crippen LogP contribution in [0.5, 0.6) is 0 Å². The number of anilines is 5. The van der Waals surface area contributed by atoms with Crippen LogP contribution in [0.2, 0.25) is 0 Å². The maximum absolute atomic E-state index is 12.6. The molecule has 0 bridgehead atoms. The summed E-state index contributed by atoms with van der Waals surface area (Å²) >= 11 is 0. The Bertz CT molecular complexity index is 3640. The van der Waals surface area contributed by atoms with Crippen LogP contribution in [0.15, 0.2) is 91.0 Å². The van der Waals surface area contributed by atoms with Crippen molar-refractivity contribution < 1.29 is 129 Å². The molecular weight excluding hydrogens is 1380 g/mol. The van der Waals surface area contributed by atoms with Gasteiger partial charge in [0.2, 0.25) is 0 Å². The van der Waals surface area contributed by atoms with Crippen molar-refractivity contribution in [3.63, 3.8) is 0 Å². The maximum atomic E-state index is 12.6. The fourth-order valence-corrected chi connectivity index (χ4v) is 8.22. The Hall–Kier alpha value is -10.7.